The van der Waals surface area contributed by atoms with E-state index >= 15 is 0 Å². The van der Waals surface area contributed by atoms with Crippen molar-refractivity contribution in [1.29, 1.82) is 0 Å². The van der Waals surface area contributed by atoms with E-state index in [0.29, 0.717) is 46.4 Å². The van der Waals surface area contributed by atoms with Crippen LogP contribution in [0, 0.1) is 12.8 Å². The fourth-order valence-corrected chi connectivity index (χ4v) is 6.42. The van der Waals surface area contributed by atoms with Crippen LogP contribution in [0.1, 0.15) is 63.3 Å². The van der Waals surface area contributed by atoms with Crippen LogP contribution in [0.2, 0.25) is 5.02 Å². The third-order valence-electron chi connectivity index (χ3n) is 8.46. The van der Waals surface area contributed by atoms with Crippen LogP contribution in [0.5, 0.6) is 0 Å². The fraction of sp³-hybridized carbons (Fsp3) is 0.484. The minimum absolute atomic E-state index is 0.0419. The summed E-state index contributed by atoms with van der Waals surface area (Å²) in [5, 5.41) is 9.06. The van der Waals surface area contributed by atoms with E-state index in [9.17, 15) is 4.79 Å². The number of allylic oxidation sites excluding steroid dienone is 1. The lowest BCUT2D eigenvalue weighted by Gasteiger charge is -2.30. The molecule has 2 fully saturated rings. The zero-order valence-corrected chi connectivity index (χ0v) is 24.2. The molecule has 2 aliphatic heterocycles. The van der Waals surface area contributed by atoms with Crippen LogP contribution in [0.15, 0.2) is 50.5 Å². The SMILES string of the molecule is Cc1nc(-c2ccc(-c3cc4c(n(C5CCC(CN)CC5)c3=O)=NC(NC3CCOCC3)=CCCC=4)c(Cl)c2)no1. The number of halogens is 1. The van der Waals surface area contributed by atoms with Crippen LogP contribution >= 0.6 is 11.6 Å². The number of fused-ring (bicyclic) bond motifs is 1. The first-order chi connectivity index (χ1) is 20.0. The van der Waals surface area contributed by atoms with E-state index in [1.165, 1.54) is 0 Å². The number of pyridine rings is 1. The minimum Gasteiger partial charge on any atom is -0.381 e. The lowest BCUT2D eigenvalue weighted by Crippen LogP contribution is -2.48. The molecule has 4 heterocycles. The number of ether oxygens (including phenoxy) is 1. The zero-order valence-electron chi connectivity index (χ0n) is 23.4. The lowest BCUT2D eigenvalue weighted by molar-refractivity contribution is 0.0802. The summed E-state index contributed by atoms with van der Waals surface area (Å²) in [7, 11) is 0. The Morgan fingerprint density at radius 1 is 1.05 bits per heavy atom. The summed E-state index contributed by atoms with van der Waals surface area (Å²) < 4.78 is 12.6. The highest BCUT2D eigenvalue weighted by atomic mass is 35.5. The van der Waals surface area contributed by atoms with E-state index in [1.807, 2.05) is 22.8 Å². The van der Waals surface area contributed by atoms with E-state index < -0.39 is 0 Å². The first kappa shape index (κ1) is 27.9. The Morgan fingerprint density at radius 3 is 2.54 bits per heavy atom. The molecule has 1 aliphatic carbocycles. The van der Waals surface area contributed by atoms with E-state index in [1.54, 1.807) is 13.0 Å². The molecule has 3 aromatic rings. The second-order valence-corrected chi connectivity index (χ2v) is 11.7. The summed E-state index contributed by atoms with van der Waals surface area (Å²) in [6.45, 7) is 3.93. The van der Waals surface area contributed by atoms with Crippen LogP contribution in [0.25, 0.3) is 28.6 Å². The second-order valence-electron chi connectivity index (χ2n) is 11.3. The summed E-state index contributed by atoms with van der Waals surface area (Å²) >= 11 is 6.83. The predicted molar refractivity (Wildman–Crippen MR) is 159 cm³/mol. The summed E-state index contributed by atoms with van der Waals surface area (Å²) in [6.07, 6.45) is 11.7. The maximum absolute atomic E-state index is 14.4. The van der Waals surface area contributed by atoms with E-state index in [0.717, 1.165) is 86.7 Å². The second kappa shape index (κ2) is 12.3. The predicted octanol–water partition coefficient (Wildman–Crippen LogP) is 4.02. The van der Waals surface area contributed by atoms with Gasteiger partial charge in [0.15, 0.2) is 0 Å². The molecule has 216 valence electrons. The summed E-state index contributed by atoms with van der Waals surface area (Å²) in [6, 6.07) is 7.86. The van der Waals surface area contributed by atoms with Crippen LogP contribution < -0.4 is 27.3 Å². The Labute approximate surface area is 244 Å². The molecule has 2 aromatic heterocycles. The zero-order chi connectivity index (χ0) is 28.3. The Hall–Kier alpha value is -3.27. The number of aryl methyl sites for hydroxylation is 1. The minimum atomic E-state index is -0.0758. The molecule has 0 amide bonds. The van der Waals surface area contributed by atoms with Crippen molar-refractivity contribution in [2.45, 2.75) is 70.4 Å². The van der Waals surface area contributed by atoms with E-state index in [-0.39, 0.29) is 11.6 Å². The maximum Gasteiger partial charge on any atom is 0.260 e. The van der Waals surface area contributed by atoms with Gasteiger partial charge >= 0.3 is 0 Å². The van der Waals surface area contributed by atoms with E-state index in [4.69, 9.17) is 31.6 Å². The van der Waals surface area contributed by atoms with Gasteiger partial charge in [0.25, 0.3) is 5.56 Å². The number of nitrogens with zero attached hydrogens (tertiary/aromatic N) is 4. The molecule has 0 spiro atoms. The van der Waals surface area contributed by atoms with Gasteiger partial charge in [-0.1, -0.05) is 35.0 Å². The number of hydrogen-bond donors (Lipinski definition) is 2. The molecule has 10 heteroatoms. The fourth-order valence-electron chi connectivity index (χ4n) is 6.14. The average molecular weight is 577 g/mol. The van der Waals surface area contributed by atoms with Crippen LogP contribution in [-0.2, 0) is 4.74 Å². The number of nitrogens with two attached hydrogens (primary N) is 1. The molecule has 0 radical (unpaired) electrons. The Balaban J connectivity index is 1.47. The van der Waals surface area contributed by atoms with Gasteiger partial charge in [0.1, 0.15) is 11.3 Å². The van der Waals surface area contributed by atoms with E-state index in [2.05, 4.69) is 27.6 Å². The average Bonchev–Trinajstić information content (AvgIpc) is 3.42. The van der Waals surface area contributed by atoms with Gasteiger partial charge in [-0.2, -0.15) is 4.98 Å². The first-order valence-corrected chi connectivity index (χ1v) is 15.1. The Bertz CT molecular complexity index is 1610. The number of aromatic nitrogens is 3. The molecule has 1 aromatic carbocycles. The lowest BCUT2D eigenvalue weighted by atomic mass is 9.86. The molecule has 0 unspecified atom stereocenters. The van der Waals surface area contributed by atoms with Crippen molar-refractivity contribution in [3.63, 3.8) is 0 Å². The van der Waals surface area contributed by atoms with Crippen molar-refractivity contribution >= 4 is 17.7 Å². The van der Waals surface area contributed by atoms with Gasteiger partial charge < -0.3 is 20.3 Å². The molecule has 3 aliphatic rings. The number of benzene rings is 1. The molecule has 6 rings (SSSR count). The number of rotatable bonds is 6. The third kappa shape index (κ3) is 6.03. The van der Waals surface area contributed by atoms with Crippen molar-refractivity contribution in [3.05, 3.63) is 68.1 Å². The molecule has 1 saturated carbocycles. The van der Waals surface area contributed by atoms with Crippen molar-refractivity contribution in [2.24, 2.45) is 16.6 Å². The third-order valence-corrected chi connectivity index (χ3v) is 8.78. The normalized spacial score (nSPS) is 21.6. The van der Waals surface area contributed by atoms with Crippen LogP contribution in [-0.4, -0.2) is 40.5 Å². The van der Waals surface area contributed by atoms with Gasteiger partial charge in [0, 0.05) is 59.2 Å². The number of nitrogens with one attached hydrogen (secondary N) is 1. The first-order valence-electron chi connectivity index (χ1n) is 14.7. The van der Waals surface area contributed by atoms with Crippen LogP contribution in [0.4, 0.5) is 0 Å². The van der Waals surface area contributed by atoms with Gasteiger partial charge in [-0.05, 0) is 82.0 Å². The van der Waals surface area contributed by atoms with Crippen molar-refractivity contribution in [1.82, 2.24) is 20.0 Å². The standard InChI is InChI=1S/C31H37ClN6O3/c1-19-34-29(37-41-19)21-8-11-25(27(32)17-21)26-16-22-4-2-3-5-28(35-23-12-14-40-15-13-23)36-30(22)38(31(26)39)24-9-6-20(18-33)7-10-24/h4-5,8,11,16-17,20,23-24,35H,2-3,6-7,9-10,12-15,18,33H2,1H3. The Kier molecular flexibility index (Phi) is 8.37. The summed E-state index contributed by atoms with van der Waals surface area (Å²) in [5.74, 6) is 2.28. The molecule has 0 atom stereocenters. The molecule has 9 nitrogen and oxygen atoms in total. The molecule has 0 bridgehead atoms. The molecular formula is C31H37ClN6O3. The number of hydrogen-bond acceptors (Lipinski definition) is 8. The molecule has 1 saturated heterocycles. The smallest absolute Gasteiger partial charge is 0.260 e. The summed E-state index contributed by atoms with van der Waals surface area (Å²) in [5.41, 5.74) is 8.63. The van der Waals surface area contributed by atoms with Gasteiger partial charge in [0.05, 0.1) is 0 Å². The van der Waals surface area contributed by atoms with Gasteiger partial charge in [-0.25, -0.2) is 4.99 Å². The Morgan fingerprint density at radius 2 is 1.83 bits per heavy atom. The largest absolute Gasteiger partial charge is 0.381 e. The highest BCUT2D eigenvalue weighted by Gasteiger charge is 2.26. The molecular weight excluding hydrogens is 540 g/mol. The van der Waals surface area contributed by atoms with Crippen LogP contribution in [0.3, 0.4) is 0 Å². The highest BCUT2D eigenvalue weighted by molar-refractivity contribution is 6.33. The maximum atomic E-state index is 14.4. The van der Waals surface area contributed by atoms with Crippen molar-refractivity contribution in [2.75, 3.05) is 19.8 Å². The van der Waals surface area contributed by atoms with Crippen molar-refractivity contribution in [3.8, 4) is 22.5 Å². The highest BCUT2D eigenvalue weighted by Crippen LogP contribution is 2.32. The van der Waals surface area contributed by atoms with Gasteiger partial charge in [0.2, 0.25) is 11.7 Å². The monoisotopic (exact) mass is 576 g/mol. The molecule has 3 N–H and O–H groups in total. The van der Waals surface area contributed by atoms with Gasteiger partial charge in [-0.15, -0.1) is 0 Å². The quantitative estimate of drug-likeness (QED) is 0.454. The van der Waals surface area contributed by atoms with Crippen molar-refractivity contribution < 1.29 is 9.26 Å². The topological polar surface area (TPSA) is 121 Å². The summed E-state index contributed by atoms with van der Waals surface area (Å²) in [4.78, 5) is 23.9. The van der Waals surface area contributed by atoms with Gasteiger partial charge in [-0.3, -0.25) is 9.36 Å². The molecule has 41 heavy (non-hydrogen) atoms.